The van der Waals surface area contributed by atoms with Crippen LogP contribution in [0, 0.1) is 6.92 Å². The van der Waals surface area contributed by atoms with Gasteiger partial charge in [0.05, 0.1) is 25.9 Å². The molecule has 0 saturated carbocycles. The molecule has 2 heterocycles. The fourth-order valence-electron chi connectivity index (χ4n) is 5.07. The number of methoxy groups -OCH3 is 1. The van der Waals surface area contributed by atoms with E-state index in [4.69, 9.17) is 4.74 Å². The smallest absolute Gasteiger partial charge is 0.254 e. The third-order valence-electron chi connectivity index (χ3n) is 6.50. The molecule has 2 aliphatic rings. The second-order valence-electron chi connectivity index (χ2n) is 8.48. The van der Waals surface area contributed by atoms with Crippen molar-refractivity contribution in [1.82, 2.24) is 14.9 Å². The zero-order valence-corrected chi connectivity index (χ0v) is 18.1. The Kier molecular flexibility index (Phi) is 5.24. The van der Waals surface area contributed by atoms with Crippen LogP contribution in [0.5, 0.6) is 5.75 Å². The predicted octanol–water partition coefficient (Wildman–Crippen LogP) is 3.80. The van der Waals surface area contributed by atoms with Gasteiger partial charge in [0.1, 0.15) is 5.75 Å². The Morgan fingerprint density at radius 3 is 2.87 bits per heavy atom. The molecule has 0 fully saturated rings. The monoisotopic (exact) mass is 416 g/mol. The van der Waals surface area contributed by atoms with Crippen LogP contribution in [0.4, 0.5) is 0 Å². The first-order valence-electron chi connectivity index (χ1n) is 11.0. The average Bonchev–Trinajstić information content (AvgIpc) is 3.10. The number of carbonyl (C=O) groups is 1. The summed E-state index contributed by atoms with van der Waals surface area (Å²) < 4.78 is 7.65. The molecule has 160 valence electrons. The van der Waals surface area contributed by atoms with Crippen molar-refractivity contribution >= 4 is 23.0 Å². The highest BCUT2D eigenvalue weighted by atomic mass is 16.5. The molecule has 0 spiro atoms. The number of aryl methyl sites for hydroxylation is 2. The Balaban J connectivity index is 1.29. The number of fused-ring (bicyclic) bond motifs is 3. The summed E-state index contributed by atoms with van der Waals surface area (Å²) in [5.74, 6) is 0.725. The maximum absolute atomic E-state index is 12.6. The van der Waals surface area contributed by atoms with Crippen LogP contribution in [0.3, 0.4) is 0 Å². The molecule has 3 aromatic rings. The van der Waals surface area contributed by atoms with Crippen LogP contribution in [0.1, 0.15) is 41.3 Å². The molecular formula is C25H28N4O2. The third-order valence-corrected chi connectivity index (χ3v) is 6.50. The van der Waals surface area contributed by atoms with Crippen molar-refractivity contribution in [1.29, 1.82) is 0 Å². The van der Waals surface area contributed by atoms with Crippen LogP contribution >= 0.6 is 0 Å². The van der Waals surface area contributed by atoms with Gasteiger partial charge in [-0.25, -0.2) is 5.43 Å². The van der Waals surface area contributed by atoms with Gasteiger partial charge in [0, 0.05) is 29.7 Å². The van der Waals surface area contributed by atoms with Crippen molar-refractivity contribution in [3.63, 3.8) is 0 Å². The summed E-state index contributed by atoms with van der Waals surface area (Å²) in [6.45, 7) is 4.33. The minimum absolute atomic E-state index is 0.0720. The first-order valence-corrected chi connectivity index (χ1v) is 11.0. The number of nitrogens with zero attached hydrogens (tertiary/aromatic N) is 3. The van der Waals surface area contributed by atoms with E-state index in [0.29, 0.717) is 12.6 Å². The zero-order chi connectivity index (χ0) is 21.4. The number of benzene rings is 2. The van der Waals surface area contributed by atoms with Crippen LogP contribution in [0.25, 0.3) is 10.9 Å². The van der Waals surface area contributed by atoms with Crippen molar-refractivity contribution in [3.05, 3.63) is 64.8 Å². The van der Waals surface area contributed by atoms with Crippen molar-refractivity contribution in [2.45, 2.75) is 38.8 Å². The summed E-state index contributed by atoms with van der Waals surface area (Å²) in [5, 5.41) is 5.53. The molecule has 0 saturated heterocycles. The van der Waals surface area contributed by atoms with Crippen molar-refractivity contribution < 1.29 is 9.53 Å². The molecule has 1 atom stereocenters. The van der Waals surface area contributed by atoms with E-state index in [2.05, 4.69) is 45.1 Å². The molecule has 5 rings (SSSR count). The van der Waals surface area contributed by atoms with E-state index in [1.807, 2.05) is 24.3 Å². The fraction of sp³-hybridized carbons (Fsp3) is 0.360. The number of hydrazone groups is 1. The van der Waals surface area contributed by atoms with Crippen molar-refractivity contribution in [3.8, 4) is 5.75 Å². The third kappa shape index (κ3) is 3.72. The van der Waals surface area contributed by atoms with Gasteiger partial charge in [0.2, 0.25) is 0 Å². The molecule has 1 aromatic heterocycles. The Morgan fingerprint density at radius 1 is 1.23 bits per heavy atom. The lowest BCUT2D eigenvalue weighted by molar-refractivity contribution is -0.123. The number of hydrogen-bond acceptors (Lipinski definition) is 4. The van der Waals surface area contributed by atoms with Gasteiger partial charge in [0.25, 0.3) is 5.91 Å². The van der Waals surface area contributed by atoms with Crippen LogP contribution in [0.15, 0.2) is 47.6 Å². The SMILES string of the molecule is COc1ccc(/C=N/NC(=O)CN2CCn3c4c(c5cc(C)ccc53)CCCC42)cc1. The van der Waals surface area contributed by atoms with Gasteiger partial charge in [-0.3, -0.25) is 9.69 Å². The molecule has 1 aliphatic carbocycles. The minimum atomic E-state index is -0.0720. The highest BCUT2D eigenvalue weighted by Crippen LogP contribution is 2.42. The quantitative estimate of drug-likeness (QED) is 0.508. The molecule has 1 amide bonds. The summed E-state index contributed by atoms with van der Waals surface area (Å²) in [4.78, 5) is 14.9. The molecule has 2 aromatic carbocycles. The molecule has 6 nitrogen and oxygen atoms in total. The van der Waals surface area contributed by atoms with Crippen LogP contribution in [-0.2, 0) is 17.8 Å². The predicted molar refractivity (Wildman–Crippen MR) is 123 cm³/mol. The van der Waals surface area contributed by atoms with E-state index < -0.39 is 0 Å². The van der Waals surface area contributed by atoms with E-state index >= 15 is 0 Å². The van der Waals surface area contributed by atoms with Gasteiger partial charge < -0.3 is 9.30 Å². The topological polar surface area (TPSA) is 58.9 Å². The fourth-order valence-corrected chi connectivity index (χ4v) is 5.07. The summed E-state index contributed by atoms with van der Waals surface area (Å²) in [5.41, 5.74) is 9.16. The molecule has 31 heavy (non-hydrogen) atoms. The van der Waals surface area contributed by atoms with Gasteiger partial charge >= 0.3 is 0 Å². The normalized spacial score (nSPS) is 18.3. The second kappa shape index (κ2) is 8.19. The number of amides is 1. The van der Waals surface area contributed by atoms with Gasteiger partial charge in [0.15, 0.2) is 0 Å². The average molecular weight is 417 g/mol. The van der Waals surface area contributed by atoms with Crippen LogP contribution < -0.4 is 10.2 Å². The second-order valence-corrected chi connectivity index (χ2v) is 8.48. The molecule has 6 heteroatoms. The first-order chi connectivity index (χ1) is 15.1. The summed E-state index contributed by atoms with van der Waals surface area (Å²) in [7, 11) is 1.64. The molecule has 1 aliphatic heterocycles. The summed E-state index contributed by atoms with van der Waals surface area (Å²) in [6.07, 6.45) is 5.06. The Labute approximate surface area is 182 Å². The van der Waals surface area contributed by atoms with Crippen molar-refractivity contribution in [2.24, 2.45) is 5.10 Å². The lowest BCUT2D eigenvalue weighted by atomic mass is 9.89. The lowest BCUT2D eigenvalue weighted by Crippen LogP contribution is -2.44. The number of ether oxygens (including phenoxy) is 1. The molecule has 0 bridgehead atoms. The summed E-state index contributed by atoms with van der Waals surface area (Å²) >= 11 is 0. The van der Waals surface area contributed by atoms with E-state index in [0.717, 1.165) is 37.2 Å². The maximum atomic E-state index is 12.6. The Bertz CT molecular complexity index is 1150. The first kappa shape index (κ1) is 19.8. The van der Waals surface area contributed by atoms with E-state index in [-0.39, 0.29) is 5.91 Å². The highest BCUT2D eigenvalue weighted by molar-refractivity contribution is 5.87. The minimum Gasteiger partial charge on any atom is -0.497 e. The van der Waals surface area contributed by atoms with Crippen molar-refractivity contribution in [2.75, 3.05) is 20.2 Å². The molecule has 0 radical (unpaired) electrons. The number of carbonyl (C=O) groups excluding carboxylic acids is 1. The van der Waals surface area contributed by atoms with Gasteiger partial charge in [-0.1, -0.05) is 11.6 Å². The van der Waals surface area contributed by atoms with Gasteiger partial charge in [-0.05, 0) is 73.7 Å². The lowest BCUT2D eigenvalue weighted by Gasteiger charge is -2.39. The van der Waals surface area contributed by atoms with Gasteiger partial charge in [-0.15, -0.1) is 0 Å². The zero-order valence-electron chi connectivity index (χ0n) is 18.1. The highest BCUT2D eigenvalue weighted by Gasteiger charge is 2.35. The standard InChI is InChI=1S/C25H28N4O2/c1-17-6-11-22-21(14-17)20-4-3-5-23-25(20)29(22)13-12-28(23)16-24(30)27-26-15-18-7-9-19(31-2)10-8-18/h6-11,14-15,23H,3-5,12-13,16H2,1-2H3,(H,27,30)/b26-15+. The molecule has 1 unspecified atom stereocenters. The van der Waals surface area contributed by atoms with Crippen LogP contribution in [0.2, 0.25) is 0 Å². The summed E-state index contributed by atoms with van der Waals surface area (Å²) in [6, 6.07) is 14.6. The van der Waals surface area contributed by atoms with E-state index in [1.165, 1.54) is 34.1 Å². The van der Waals surface area contributed by atoms with E-state index in [9.17, 15) is 4.79 Å². The number of aromatic nitrogens is 1. The maximum Gasteiger partial charge on any atom is 0.254 e. The largest absolute Gasteiger partial charge is 0.497 e. The van der Waals surface area contributed by atoms with E-state index in [1.54, 1.807) is 13.3 Å². The Morgan fingerprint density at radius 2 is 2.06 bits per heavy atom. The molecule has 1 N–H and O–H groups in total. The van der Waals surface area contributed by atoms with Gasteiger partial charge in [-0.2, -0.15) is 5.10 Å². The number of rotatable bonds is 5. The molecular weight excluding hydrogens is 388 g/mol. The number of nitrogens with one attached hydrogen (secondary N) is 1. The Hall–Kier alpha value is -3.12. The van der Waals surface area contributed by atoms with Crippen LogP contribution in [-0.4, -0.2) is 41.8 Å². The number of hydrogen-bond donors (Lipinski definition) is 1.